The van der Waals surface area contributed by atoms with Crippen LogP contribution in [0.2, 0.25) is 0 Å². The minimum atomic E-state index is -0.689. The quantitative estimate of drug-likeness (QED) is 0.558. The summed E-state index contributed by atoms with van der Waals surface area (Å²) in [7, 11) is 1.46. The highest BCUT2D eigenvalue weighted by Gasteiger charge is 2.54. The van der Waals surface area contributed by atoms with Crippen molar-refractivity contribution in [3.05, 3.63) is 11.3 Å². The molecule has 0 N–H and O–H groups in total. The summed E-state index contributed by atoms with van der Waals surface area (Å²) in [5.41, 5.74) is 0.0486. The Kier molecular flexibility index (Phi) is 5.05. The summed E-state index contributed by atoms with van der Waals surface area (Å²) >= 11 is 1.47. The number of hydrogen-bond donors (Lipinski definition) is 0. The van der Waals surface area contributed by atoms with Gasteiger partial charge in [0, 0.05) is 25.4 Å². The lowest BCUT2D eigenvalue weighted by Crippen LogP contribution is -2.65. The third-order valence-electron chi connectivity index (χ3n) is 3.29. The van der Waals surface area contributed by atoms with Gasteiger partial charge in [-0.05, 0) is 20.8 Å². The number of esters is 2. The molecule has 128 valence electrons. The molecule has 23 heavy (non-hydrogen) atoms. The van der Waals surface area contributed by atoms with Crippen LogP contribution in [0.3, 0.4) is 0 Å². The maximum absolute atomic E-state index is 12.5. The van der Waals surface area contributed by atoms with Crippen molar-refractivity contribution in [1.29, 1.82) is 0 Å². The van der Waals surface area contributed by atoms with Crippen LogP contribution >= 0.6 is 11.8 Å². The van der Waals surface area contributed by atoms with E-state index in [0.29, 0.717) is 11.3 Å². The summed E-state index contributed by atoms with van der Waals surface area (Å²) in [5.74, 6) is -0.854. The van der Waals surface area contributed by atoms with Gasteiger partial charge in [0.25, 0.3) is 5.91 Å². The van der Waals surface area contributed by atoms with Gasteiger partial charge in [0.2, 0.25) is 0 Å². The highest BCUT2D eigenvalue weighted by Crippen LogP contribution is 2.42. The van der Waals surface area contributed by atoms with Gasteiger partial charge in [-0.2, -0.15) is 0 Å². The maximum Gasteiger partial charge on any atom is 0.355 e. The second-order valence-corrected chi connectivity index (χ2v) is 7.41. The van der Waals surface area contributed by atoms with Crippen molar-refractivity contribution in [1.82, 2.24) is 4.90 Å². The summed E-state index contributed by atoms with van der Waals surface area (Å²) in [6, 6.07) is 0. The van der Waals surface area contributed by atoms with Gasteiger partial charge in [0.15, 0.2) is 6.10 Å². The van der Waals surface area contributed by atoms with Gasteiger partial charge in [-0.15, -0.1) is 11.8 Å². The molecule has 0 aromatic carbocycles. The van der Waals surface area contributed by atoms with E-state index in [2.05, 4.69) is 0 Å². The van der Waals surface area contributed by atoms with Gasteiger partial charge in [-0.25, -0.2) is 4.79 Å². The molecule has 0 spiro atoms. The largest absolute Gasteiger partial charge is 0.461 e. The zero-order chi connectivity index (χ0) is 17.4. The summed E-state index contributed by atoms with van der Waals surface area (Å²) in [4.78, 5) is 37.2. The predicted octanol–water partition coefficient (Wildman–Crippen LogP) is 1.08. The van der Waals surface area contributed by atoms with E-state index in [1.807, 2.05) is 0 Å². The molecule has 0 aromatic heterocycles. The highest BCUT2D eigenvalue weighted by molar-refractivity contribution is 8.00. The SMILES string of the molecule is CO[C@H]1C(=O)N2C(C(=O)OC(C)(C)C)=C(COC(C)=O)CS[C@H]12. The molecule has 2 rings (SSSR count). The highest BCUT2D eigenvalue weighted by atomic mass is 32.2. The summed E-state index contributed by atoms with van der Waals surface area (Å²) in [6.45, 7) is 6.51. The van der Waals surface area contributed by atoms with Crippen LogP contribution in [0.25, 0.3) is 0 Å². The lowest BCUT2D eigenvalue weighted by Gasteiger charge is -2.49. The molecule has 7 nitrogen and oxygen atoms in total. The van der Waals surface area contributed by atoms with E-state index in [0.717, 1.165) is 0 Å². The molecule has 2 atom stereocenters. The monoisotopic (exact) mass is 343 g/mol. The molecule has 0 bridgehead atoms. The number of fused-ring (bicyclic) bond motifs is 1. The van der Waals surface area contributed by atoms with Crippen molar-refractivity contribution in [2.45, 2.75) is 44.8 Å². The Hall–Kier alpha value is -1.54. The van der Waals surface area contributed by atoms with Crippen molar-refractivity contribution in [3.8, 4) is 0 Å². The molecular weight excluding hydrogens is 322 g/mol. The number of nitrogens with zero attached hydrogens (tertiary/aromatic N) is 1. The van der Waals surface area contributed by atoms with E-state index in [1.54, 1.807) is 20.8 Å². The Labute approximate surface area is 139 Å². The first-order valence-corrected chi connectivity index (χ1v) is 8.27. The van der Waals surface area contributed by atoms with Crippen LogP contribution in [0.1, 0.15) is 27.7 Å². The number of methoxy groups -OCH3 is 1. The lowest BCUT2D eigenvalue weighted by molar-refractivity contribution is -0.167. The molecule has 2 aliphatic heterocycles. The number of hydrogen-bond acceptors (Lipinski definition) is 7. The van der Waals surface area contributed by atoms with Gasteiger partial charge in [0.05, 0.1) is 0 Å². The summed E-state index contributed by atoms with van der Waals surface area (Å²) < 4.78 is 15.6. The molecule has 8 heteroatoms. The van der Waals surface area contributed by atoms with Crippen molar-refractivity contribution in [2.24, 2.45) is 0 Å². The van der Waals surface area contributed by atoms with Crippen molar-refractivity contribution in [3.63, 3.8) is 0 Å². The molecule has 2 heterocycles. The Morgan fingerprint density at radius 2 is 2.00 bits per heavy atom. The molecular formula is C15H21NO6S. The fourth-order valence-corrected chi connectivity index (χ4v) is 3.70. The molecule has 2 aliphatic rings. The van der Waals surface area contributed by atoms with Gasteiger partial charge in [-0.3, -0.25) is 14.5 Å². The van der Waals surface area contributed by atoms with Crippen LogP contribution in [0.4, 0.5) is 0 Å². The van der Waals surface area contributed by atoms with E-state index in [4.69, 9.17) is 14.2 Å². The van der Waals surface area contributed by atoms with E-state index < -0.39 is 23.6 Å². The Morgan fingerprint density at radius 3 is 2.52 bits per heavy atom. The molecule has 0 unspecified atom stereocenters. The van der Waals surface area contributed by atoms with E-state index in [-0.39, 0.29) is 23.6 Å². The summed E-state index contributed by atoms with van der Waals surface area (Å²) in [6.07, 6.45) is -0.562. The first-order valence-electron chi connectivity index (χ1n) is 7.22. The van der Waals surface area contributed by atoms with E-state index in [1.165, 1.54) is 30.7 Å². The van der Waals surface area contributed by atoms with Crippen LogP contribution in [-0.4, -0.2) is 59.3 Å². The van der Waals surface area contributed by atoms with Crippen molar-refractivity contribution < 1.29 is 28.6 Å². The molecule has 1 fully saturated rings. The van der Waals surface area contributed by atoms with Crippen LogP contribution < -0.4 is 0 Å². The smallest absolute Gasteiger partial charge is 0.355 e. The van der Waals surface area contributed by atoms with Crippen molar-refractivity contribution >= 4 is 29.6 Å². The lowest BCUT2D eigenvalue weighted by atomic mass is 10.1. The Balaban J connectivity index is 2.31. The van der Waals surface area contributed by atoms with Gasteiger partial charge < -0.3 is 14.2 Å². The number of rotatable bonds is 4. The topological polar surface area (TPSA) is 82.1 Å². The van der Waals surface area contributed by atoms with E-state index in [9.17, 15) is 14.4 Å². The minimum absolute atomic E-state index is 0.0366. The second kappa shape index (κ2) is 6.52. The Bertz CT molecular complexity index is 565. The van der Waals surface area contributed by atoms with Crippen molar-refractivity contribution in [2.75, 3.05) is 19.5 Å². The van der Waals surface area contributed by atoms with Crippen LogP contribution in [0.15, 0.2) is 11.3 Å². The Morgan fingerprint density at radius 1 is 1.35 bits per heavy atom. The zero-order valence-electron chi connectivity index (χ0n) is 13.9. The van der Waals surface area contributed by atoms with Crippen LogP contribution in [0.5, 0.6) is 0 Å². The number of thioether (sulfide) groups is 1. The number of amides is 1. The average Bonchev–Trinajstić information content (AvgIpc) is 2.42. The number of carbonyl (C=O) groups excluding carboxylic acids is 3. The molecule has 0 saturated carbocycles. The minimum Gasteiger partial charge on any atom is -0.461 e. The molecule has 0 aliphatic carbocycles. The fourth-order valence-electron chi connectivity index (χ4n) is 2.35. The van der Waals surface area contributed by atoms with E-state index >= 15 is 0 Å². The van der Waals surface area contributed by atoms with Gasteiger partial charge >= 0.3 is 11.9 Å². The normalized spacial score (nSPS) is 24.0. The van der Waals surface area contributed by atoms with Crippen LogP contribution in [-0.2, 0) is 28.6 Å². The number of carbonyl (C=O) groups is 3. The standard InChI is InChI=1S/C15H21NO6S/c1-8(17)21-6-9-7-23-13-11(20-5)12(18)16(13)10(9)14(19)22-15(2,3)4/h11,13H,6-7H2,1-5H3/t11-,13+/m0/s1. The fraction of sp³-hybridized carbons (Fsp3) is 0.667. The maximum atomic E-state index is 12.5. The first-order chi connectivity index (χ1) is 10.7. The number of ether oxygens (including phenoxy) is 3. The molecule has 1 amide bonds. The predicted molar refractivity (Wildman–Crippen MR) is 83.4 cm³/mol. The van der Waals surface area contributed by atoms with Gasteiger partial charge in [-0.1, -0.05) is 0 Å². The number of β-lactam (4-membered cyclic amide) rings is 1. The summed E-state index contributed by atoms with van der Waals surface area (Å²) in [5, 5.41) is -0.254. The third kappa shape index (κ3) is 3.69. The molecule has 1 saturated heterocycles. The molecule has 0 radical (unpaired) electrons. The molecule has 0 aromatic rings. The zero-order valence-corrected chi connectivity index (χ0v) is 14.7. The average molecular weight is 343 g/mol. The second-order valence-electron chi connectivity index (χ2n) is 6.30. The first kappa shape index (κ1) is 17.8. The third-order valence-corrected chi connectivity index (χ3v) is 4.61. The van der Waals surface area contributed by atoms with Gasteiger partial charge in [0.1, 0.15) is 23.3 Å². The van der Waals surface area contributed by atoms with Crippen LogP contribution in [0, 0.1) is 0 Å².